The van der Waals surface area contributed by atoms with Crippen molar-refractivity contribution < 1.29 is 14.3 Å². The second-order valence-corrected chi connectivity index (χ2v) is 7.66. The molecule has 0 saturated carbocycles. The molecular weight excluding hydrogens is 376 g/mol. The fraction of sp³-hybridized carbons (Fsp3) is 0.300. The molecule has 1 amide bonds. The van der Waals surface area contributed by atoms with Crippen LogP contribution in [-0.4, -0.2) is 48.1 Å². The molecule has 1 aliphatic heterocycles. The van der Waals surface area contributed by atoms with Crippen LogP contribution in [0, 0.1) is 0 Å². The molecule has 7 nitrogen and oxygen atoms in total. The minimum atomic E-state index is -0.474. The highest BCUT2D eigenvalue weighted by atomic mass is 32.1. The first-order valence-electron chi connectivity index (χ1n) is 9.10. The Morgan fingerprint density at radius 1 is 1.25 bits per heavy atom. The van der Waals surface area contributed by atoms with E-state index in [1.54, 1.807) is 17.4 Å². The molecule has 4 rings (SSSR count). The summed E-state index contributed by atoms with van der Waals surface area (Å²) in [6, 6.07) is 11.2. The molecule has 1 atom stereocenters. The highest BCUT2D eigenvalue weighted by molar-refractivity contribution is 7.22. The number of thiazole rings is 1. The summed E-state index contributed by atoms with van der Waals surface area (Å²) in [5, 5.41) is 4.04. The van der Waals surface area contributed by atoms with Crippen LogP contribution in [0.3, 0.4) is 0 Å². The van der Waals surface area contributed by atoms with E-state index in [1.807, 2.05) is 18.2 Å². The second-order valence-electron chi connectivity index (χ2n) is 6.65. The van der Waals surface area contributed by atoms with Crippen LogP contribution < -0.4 is 10.2 Å². The molecular formula is C20H20N4O3S. The van der Waals surface area contributed by atoms with Crippen LogP contribution >= 0.6 is 11.3 Å². The van der Waals surface area contributed by atoms with Gasteiger partial charge in [-0.1, -0.05) is 23.5 Å². The van der Waals surface area contributed by atoms with Gasteiger partial charge < -0.3 is 15.0 Å². The molecule has 0 radical (unpaired) electrons. The number of aromatic nitrogens is 2. The van der Waals surface area contributed by atoms with Crippen molar-refractivity contribution in [3.63, 3.8) is 0 Å². The van der Waals surface area contributed by atoms with Gasteiger partial charge in [-0.15, -0.1) is 0 Å². The van der Waals surface area contributed by atoms with Crippen LogP contribution in [-0.2, 0) is 4.74 Å². The molecule has 1 fully saturated rings. The van der Waals surface area contributed by atoms with E-state index in [2.05, 4.69) is 26.0 Å². The Kier molecular flexibility index (Phi) is 5.21. The van der Waals surface area contributed by atoms with Crippen LogP contribution in [0.1, 0.15) is 33.7 Å². The van der Waals surface area contributed by atoms with Crippen molar-refractivity contribution in [3.8, 4) is 0 Å². The predicted octanol–water partition coefficient (Wildman–Crippen LogP) is 2.88. The third-order valence-corrected chi connectivity index (χ3v) is 5.82. The van der Waals surface area contributed by atoms with E-state index >= 15 is 0 Å². The SMILES string of the molecule is COC(=O)c1ccc(C(=O)NC2CCCN(c3nc4ccccc4s3)C2)nc1. The molecule has 3 heterocycles. The molecule has 1 aromatic carbocycles. The zero-order chi connectivity index (χ0) is 19.5. The van der Waals surface area contributed by atoms with Crippen molar-refractivity contribution in [3.05, 3.63) is 53.9 Å². The van der Waals surface area contributed by atoms with Crippen molar-refractivity contribution in [2.24, 2.45) is 0 Å². The monoisotopic (exact) mass is 396 g/mol. The number of benzene rings is 1. The van der Waals surface area contributed by atoms with Gasteiger partial charge in [0, 0.05) is 25.3 Å². The number of pyridine rings is 1. The minimum absolute atomic E-state index is 0.0235. The number of nitrogens with one attached hydrogen (secondary N) is 1. The number of carbonyl (C=O) groups excluding carboxylic acids is 2. The van der Waals surface area contributed by atoms with E-state index in [0.717, 1.165) is 30.0 Å². The van der Waals surface area contributed by atoms with Crippen LogP contribution in [0.15, 0.2) is 42.6 Å². The molecule has 2 aromatic heterocycles. The first-order valence-corrected chi connectivity index (χ1v) is 9.91. The number of anilines is 1. The standard InChI is InChI=1S/C20H20N4O3S/c1-27-19(26)13-8-9-16(21-11-13)18(25)22-14-5-4-10-24(12-14)20-23-15-6-2-3-7-17(15)28-20/h2-3,6-9,11,14H,4-5,10,12H2,1H3,(H,22,25). The Labute approximate surface area is 166 Å². The molecule has 1 aliphatic rings. The van der Waals surface area contributed by atoms with Gasteiger partial charge in [0.1, 0.15) is 5.69 Å². The van der Waals surface area contributed by atoms with Gasteiger partial charge in [-0.05, 0) is 37.1 Å². The maximum atomic E-state index is 12.5. The molecule has 1 saturated heterocycles. The number of amides is 1. The van der Waals surface area contributed by atoms with E-state index in [1.165, 1.54) is 24.1 Å². The molecule has 28 heavy (non-hydrogen) atoms. The van der Waals surface area contributed by atoms with Crippen molar-refractivity contribution in [1.29, 1.82) is 0 Å². The fourth-order valence-corrected chi connectivity index (χ4v) is 4.29. The van der Waals surface area contributed by atoms with Gasteiger partial charge in [0.25, 0.3) is 5.91 Å². The van der Waals surface area contributed by atoms with E-state index in [0.29, 0.717) is 12.1 Å². The molecule has 1 unspecified atom stereocenters. The first kappa shape index (κ1) is 18.4. The Balaban J connectivity index is 1.41. The number of nitrogens with zero attached hydrogens (tertiary/aromatic N) is 3. The van der Waals surface area contributed by atoms with E-state index in [9.17, 15) is 9.59 Å². The van der Waals surface area contributed by atoms with Gasteiger partial charge >= 0.3 is 5.97 Å². The Hall–Kier alpha value is -3.00. The number of rotatable bonds is 4. The van der Waals surface area contributed by atoms with Gasteiger partial charge in [-0.3, -0.25) is 9.78 Å². The minimum Gasteiger partial charge on any atom is -0.465 e. The number of para-hydroxylation sites is 1. The summed E-state index contributed by atoms with van der Waals surface area (Å²) in [5.74, 6) is -0.717. The first-order chi connectivity index (χ1) is 13.6. The highest BCUT2D eigenvalue weighted by Crippen LogP contribution is 2.30. The van der Waals surface area contributed by atoms with Gasteiger partial charge in [-0.25, -0.2) is 9.78 Å². The predicted molar refractivity (Wildman–Crippen MR) is 108 cm³/mol. The number of carbonyl (C=O) groups is 2. The summed E-state index contributed by atoms with van der Waals surface area (Å²) in [7, 11) is 1.31. The maximum Gasteiger partial charge on any atom is 0.339 e. The van der Waals surface area contributed by atoms with E-state index in [-0.39, 0.29) is 17.6 Å². The average Bonchev–Trinajstić information content (AvgIpc) is 3.18. The average molecular weight is 396 g/mol. The lowest BCUT2D eigenvalue weighted by molar-refractivity contribution is 0.0599. The van der Waals surface area contributed by atoms with Crippen molar-refractivity contribution in [2.45, 2.75) is 18.9 Å². The van der Waals surface area contributed by atoms with Crippen LogP contribution in [0.2, 0.25) is 0 Å². The fourth-order valence-electron chi connectivity index (χ4n) is 3.29. The lowest BCUT2D eigenvalue weighted by Gasteiger charge is -2.32. The van der Waals surface area contributed by atoms with Gasteiger partial charge in [-0.2, -0.15) is 0 Å². The second kappa shape index (κ2) is 7.93. The third kappa shape index (κ3) is 3.82. The summed E-state index contributed by atoms with van der Waals surface area (Å²) in [5.41, 5.74) is 1.60. The quantitative estimate of drug-likeness (QED) is 0.683. The number of esters is 1. The van der Waals surface area contributed by atoms with Crippen LogP contribution in [0.5, 0.6) is 0 Å². The smallest absolute Gasteiger partial charge is 0.339 e. The lowest BCUT2D eigenvalue weighted by atomic mass is 10.1. The molecule has 0 spiro atoms. The molecule has 144 valence electrons. The number of fused-ring (bicyclic) bond motifs is 1. The number of hydrogen-bond acceptors (Lipinski definition) is 7. The van der Waals surface area contributed by atoms with Gasteiger partial charge in [0.2, 0.25) is 0 Å². The van der Waals surface area contributed by atoms with Crippen molar-refractivity contribution in [1.82, 2.24) is 15.3 Å². The summed E-state index contributed by atoms with van der Waals surface area (Å²) < 4.78 is 5.81. The van der Waals surface area contributed by atoms with E-state index < -0.39 is 5.97 Å². The van der Waals surface area contributed by atoms with E-state index in [4.69, 9.17) is 4.98 Å². The van der Waals surface area contributed by atoms with Crippen LogP contribution in [0.4, 0.5) is 5.13 Å². The van der Waals surface area contributed by atoms with Crippen molar-refractivity contribution in [2.75, 3.05) is 25.1 Å². The Bertz CT molecular complexity index is 969. The normalized spacial score (nSPS) is 16.8. The Morgan fingerprint density at radius 2 is 2.11 bits per heavy atom. The van der Waals surface area contributed by atoms with Gasteiger partial charge in [0.15, 0.2) is 5.13 Å². The molecule has 3 aromatic rings. The number of hydrogen-bond donors (Lipinski definition) is 1. The summed E-state index contributed by atoms with van der Waals surface area (Å²) >= 11 is 1.67. The number of methoxy groups -OCH3 is 1. The summed E-state index contributed by atoms with van der Waals surface area (Å²) in [4.78, 5) is 35.0. The Morgan fingerprint density at radius 3 is 2.86 bits per heavy atom. The zero-order valence-electron chi connectivity index (χ0n) is 15.4. The highest BCUT2D eigenvalue weighted by Gasteiger charge is 2.24. The maximum absolute atomic E-state index is 12.5. The largest absolute Gasteiger partial charge is 0.465 e. The topological polar surface area (TPSA) is 84.4 Å². The van der Waals surface area contributed by atoms with Crippen LogP contribution in [0.25, 0.3) is 10.2 Å². The summed E-state index contributed by atoms with van der Waals surface area (Å²) in [6.07, 6.45) is 3.25. The molecule has 0 aliphatic carbocycles. The molecule has 0 bridgehead atoms. The molecule has 8 heteroatoms. The van der Waals surface area contributed by atoms with Crippen molar-refractivity contribution >= 4 is 38.6 Å². The lowest BCUT2D eigenvalue weighted by Crippen LogP contribution is -2.48. The zero-order valence-corrected chi connectivity index (χ0v) is 16.2. The summed E-state index contributed by atoms with van der Waals surface area (Å²) in [6.45, 7) is 1.64. The third-order valence-electron chi connectivity index (χ3n) is 4.73. The number of piperidine rings is 1. The number of ether oxygens (including phenoxy) is 1. The molecule has 1 N–H and O–H groups in total. The van der Waals surface area contributed by atoms with Gasteiger partial charge in [0.05, 0.1) is 22.9 Å².